The summed E-state index contributed by atoms with van der Waals surface area (Å²) in [6, 6.07) is 4.71. The Bertz CT molecular complexity index is 311. The molecule has 0 heterocycles. The molecule has 0 saturated carbocycles. The van der Waals surface area contributed by atoms with Gasteiger partial charge in [-0.3, -0.25) is 5.32 Å². The number of hydrogen-bond donors (Lipinski definition) is 1. The van der Waals surface area contributed by atoms with Crippen molar-refractivity contribution >= 4 is 50.9 Å². The first-order valence-electron chi connectivity index (χ1n) is 3.18. The quantitative estimate of drug-likeness (QED) is 0.546. The van der Waals surface area contributed by atoms with Gasteiger partial charge in [-0.25, -0.2) is 0 Å². The Morgan fingerprint density at radius 1 is 1.15 bits per heavy atom. The van der Waals surface area contributed by atoms with Gasteiger partial charge in [-0.2, -0.15) is 13.2 Å². The average Bonchev–Trinajstić information content (AvgIpc) is 1.93. The van der Waals surface area contributed by atoms with Gasteiger partial charge in [0.2, 0.25) is 0 Å². The minimum absolute atomic E-state index is 0.0912. The highest BCUT2D eigenvalue weighted by Gasteiger charge is 2.27. The van der Waals surface area contributed by atoms with Crippen molar-refractivity contribution in [2.75, 3.05) is 5.32 Å². The van der Waals surface area contributed by atoms with Crippen molar-refractivity contribution in [3.05, 3.63) is 25.3 Å². The minimum Gasteiger partial charge on any atom is -0.296 e. The van der Waals surface area contributed by atoms with Crippen LogP contribution in [0.15, 0.2) is 18.2 Å². The molecule has 13 heavy (non-hydrogen) atoms. The first-order valence-corrected chi connectivity index (χ1v) is 5.34. The molecule has 0 aliphatic rings. The molecule has 1 aromatic rings. The van der Waals surface area contributed by atoms with Crippen LogP contribution in [0.3, 0.4) is 0 Å². The molecule has 0 amide bonds. The Morgan fingerprint density at radius 3 is 2.23 bits per heavy atom. The highest BCUT2D eigenvalue weighted by atomic mass is 127. The van der Waals surface area contributed by atoms with Crippen molar-refractivity contribution in [2.24, 2.45) is 0 Å². The van der Waals surface area contributed by atoms with Gasteiger partial charge in [0.05, 0.1) is 5.69 Å². The molecule has 0 radical (unpaired) electrons. The summed E-state index contributed by atoms with van der Waals surface area (Å²) in [5.74, 6) is 0. The maximum atomic E-state index is 11.9. The van der Waals surface area contributed by atoms with E-state index in [1.54, 1.807) is 12.1 Å². The van der Waals surface area contributed by atoms with E-state index in [2.05, 4.69) is 0 Å². The summed E-state index contributed by atoms with van der Waals surface area (Å²) in [6.07, 6.45) is -4.37. The molecule has 0 unspecified atom stereocenters. The predicted molar refractivity (Wildman–Crippen MR) is 61.6 cm³/mol. The van der Waals surface area contributed by atoms with Crippen LogP contribution < -0.4 is 5.32 Å². The van der Waals surface area contributed by atoms with E-state index in [9.17, 15) is 13.2 Å². The van der Waals surface area contributed by atoms with Gasteiger partial charge in [-0.05, 0) is 63.4 Å². The zero-order valence-corrected chi connectivity index (χ0v) is 10.4. The molecule has 0 atom stereocenters. The van der Waals surface area contributed by atoms with Crippen LogP contribution in [0.1, 0.15) is 0 Å². The van der Waals surface area contributed by atoms with Gasteiger partial charge in [0.25, 0.3) is 0 Å². The van der Waals surface area contributed by atoms with Crippen LogP contribution in [0, 0.1) is 7.14 Å². The zero-order valence-electron chi connectivity index (χ0n) is 6.12. The molecule has 1 aromatic carbocycles. The molecule has 0 aromatic heterocycles. The van der Waals surface area contributed by atoms with E-state index in [1.807, 2.05) is 45.2 Å². The summed E-state index contributed by atoms with van der Waals surface area (Å²) >= 11 is 3.90. The van der Waals surface area contributed by atoms with Gasteiger partial charge in [-0.15, -0.1) is 0 Å². The van der Waals surface area contributed by atoms with Gasteiger partial charge in [-0.1, -0.05) is 0 Å². The van der Waals surface area contributed by atoms with Crippen molar-refractivity contribution in [1.29, 1.82) is 0 Å². The number of hydrogen-bond acceptors (Lipinski definition) is 1. The van der Waals surface area contributed by atoms with E-state index < -0.39 is 6.30 Å². The second-order valence-electron chi connectivity index (χ2n) is 2.25. The van der Waals surface area contributed by atoms with Crippen molar-refractivity contribution in [1.82, 2.24) is 0 Å². The molecule has 0 aliphatic heterocycles. The van der Waals surface area contributed by atoms with Crippen LogP contribution >= 0.6 is 45.2 Å². The van der Waals surface area contributed by atoms with Gasteiger partial charge < -0.3 is 0 Å². The van der Waals surface area contributed by atoms with E-state index in [-0.39, 0.29) is 5.69 Å². The van der Waals surface area contributed by atoms with Gasteiger partial charge >= 0.3 is 6.30 Å². The average molecular weight is 413 g/mol. The number of rotatable bonds is 1. The maximum absolute atomic E-state index is 11.9. The lowest BCUT2D eigenvalue weighted by atomic mass is 10.3. The van der Waals surface area contributed by atoms with E-state index in [0.29, 0.717) is 3.57 Å². The summed E-state index contributed by atoms with van der Waals surface area (Å²) in [4.78, 5) is 0. The Hall–Kier alpha value is 0.270. The van der Waals surface area contributed by atoms with Crippen LogP contribution in [0.4, 0.5) is 18.9 Å². The summed E-state index contributed by atoms with van der Waals surface area (Å²) in [6.45, 7) is 0. The number of nitrogens with one attached hydrogen (secondary N) is 1. The largest absolute Gasteiger partial charge is 0.482 e. The van der Waals surface area contributed by atoms with Crippen LogP contribution in [-0.2, 0) is 0 Å². The molecule has 1 nitrogen and oxygen atoms in total. The monoisotopic (exact) mass is 413 g/mol. The van der Waals surface area contributed by atoms with Crippen LogP contribution in [0.25, 0.3) is 0 Å². The van der Waals surface area contributed by atoms with E-state index in [4.69, 9.17) is 0 Å². The molecule has 0 bridgehead atoms. The second-order valence-corrected chi connectivity index (χ2v) is 4.65. The lowest BCUT2D eigenvalue weighted by Crippen LogP contribution is -2.21. The molecular formula is C7H4F3I2N. The van der Waals surface area contributed by atoms with Crippen molar-refractivity contribution < 1.29 is 13.2 Å². The fourth-order valence-electron chi connectivity index (χ4n) is 0.744. The van der Waals surface area contributed by atoms with Gasteiger partial charge in [0.15, 0.2) is 0 Å². The number of halogens is 5. The first-order chi connectivity index (χ1) is 5.88. The van der Waals surface area contributed by atoms with Crippen molar-refractivity contribution in [3.63, 3.8) is 0 Å². The Morgan fingerprint density at radius 2 is 1.77 bits per heavy atom. The molecule has 6 heteroatoms. The second kappa shape index (κ2) is 4.20. The smallest absolute Gasteiger partial charge is 0.296 e. The standard InChI is InChI=1S/C7H4F3I2N/c8-7(9,10)13-6-2-1-4(11)3-5(6)12/h1-3,13H. The fraction of sp³-hybridized carbons (Fsp3) is 0.143. The van der Waals surface area contributed by atoms with Crippen LogP contribution in [0.2, 0.25) is 0 Å². The normalized spacial score (nSPS) is 11.5. The van der Waals surface area contributed by atoms with Crippen molar-refractivity contribution in [2.45, 2.75) is 6.30 Å². The summed E-state index contributed by atoms with van der Waals surface area (Å²) in [7, 11) is 0. The molecular weight excluding hydrogens is 409 g/mol. The van der Waals surface area contributed by atoms with Crippen LogP contribution in [0.5, 0.6) is 0 Å². The molecule has 0 saturated heterocycles. The lowest BCUT2D eigenvalue weighted by molar-refractivity contribution is -0.0999. The molecule has 0 spiro atoms. The highest BCUT2D eigenvalue weighted by molar-refractivity contribution is 14.1. The summed E-state index contributed by atoms with van der Waals surface area (Å²) in [5, 5.41) is 1.47. The van der Waals surface area contributed by atoms with Gasteiger partial charge in [0, 0.05) is 7.14 Å². The Balaban J connectivity index is 2.90. The third kappa shape index (κ3) is 3.88. The Kier molecular flexibility index (Phi) is 3.66. The minimum atomic E-state index is -4.37. The van der Waals surface area contributed by atoms with E-state index >= 15 is 0 Å². The van der Waals surface area contributed by atoms with E-state index in [0.717, 1.165) is 3.57 Å². The lowest BCUT2D eigenvalue weighted by Gasteiger charge is -2.11. The van der Waals surface area contributed by atoms with Crippen molar-refractivity contribution in [3.8, 4) is 0 Å². The molecule has 1 N–H and O–H groups in total. The fourth-order valence-corrected chi connectivity index (χ4v) is 2.48. The topological polar surface area (TPSA) is 12.0 Å². The first kappa shape index (κ1) is 11.3. The van der Waals surface area contributed by atoms with Crippen LogP contribution in [-0.4, -0.2) is 6.30 Å². The summed E-state index contributed by atoms with van der Waals surface area (Å²) < 4.78 is 37.2. The highest BCUT2D eigenvalue weighted by Crippen LogP contribution is 2.25. The molecule has 1 rings (SSSR count). The third-order valence-electron chi connectivity index (χ3n) is 1.21. The maximum Gasteiger partial charge on any atom is 0.482 e. The summed E-state index contributed by atoms with van der Waals surface area (Å²) in [5.41, 5.74) is 0.0912. The number of alkyl halides is 3. The van der Waals surface area contributed by atoms with E-state index in [1.165, 1.54) is 11.4 Å². The number of anilines is 1. The van der Waals surface area contributed by atoms with Gasteiger partial charge in [0.1, 0.15) is 0 Å². The third-order valence-corrected chi connectivity index (χ3v) is 2.77. The number of benzene rings is 1. The molecule has 72 valence electrons. The molecule has 0 fully saturated rings. The Labute approximate surface area is 100 Å². The zero-order chi connectivity index (χ0) is 10.1. The molecule has 0 aliphatic carbocycles. The predicted octanol–water partition coefficient (Wildman–Crippen LogP) is 3.83. The SMILES string of the molecule is FC(F)(F)Nc1ccc(I)cc1I.